The smallest absolute Gasteiger partial charge is 0.0418 e. The summed E-state index contributed by atoms with van der Waals surface area (Å²) in [6, 6.07) is 0.779. The van der Waals surface area contributed by atoms with E-state index in [9.17, 15) is 0 Å². The summed E-state index contributed by atoms with van der Waals surface area (Å²) < 4.78 is 0. The Morgan fingerprint density at radius 3 is 3.09 bits per heavy atom. The van der Waals surface area contributed by atoms with Crippen LogP contribution in [0, 0.1) is 0 Å². The molecule has 0 radical (unpaired) electrons. The van der Waals surface area contributed by atoms with E-state index in [2.05, 4.69) is 23.4 Å². The van der Waals surface area contributed by atoms with E-state index in [0.717, 1.165) is 6.04 Å². The second kappa shape index (κ2) is 2.52. The fourth-order valence-electron chi connectivity index (χ4n) is 2.15. The fourth-order valence-corrected chi connectivity index (χ4v) is 2.15. The van der Waals surface area contributed by atoms with Crippen LogP contribution in [0.1, 0.15) is 12.8 Å². The van der Waals surface area contributed by atoms with Crippen LogP contribution in [0.25, 0.3) is 0 Å². The van der Waals surface area contributed by atoms with Crippen LogP contribution < -0.4 is 0 Å². The second-order valence-corrected chi connectivity index (χ2v) is 3.71. The maximum Gasteiger partial charge on any atom is 0.0418 e. The summed E-state index contributed by atoms with van der Waals surface area (Å²) in [5, 5.41) is 0. The van der Waals surface area contributed by atoms with Crippen LogP contribution in [0.5, 0.6) is 0 Å². The van der Waals surface area contributed by atoms with Gasteiger partial charge in [0.2, 0.25) is 0 Å². The highest BCUT2D eigenvalue weighted by molar-refractivity contribution is 5.06. The van der Waals surface area contributed by atoms with Crippen LogP contribution in [0.3, 0.4) is 0 Å². The van der Waals surface area contributed by atoms with Crippen LogP contribution in [0.4, 0.5) is 0 Å². The number of allylic oxidation sites excluding steroid dienone is 1. The van der Waals surface area contributed by atoms with Crippen LogP contribution >= 0.6 is 0 Å². The summed E-state index contributed by atoms with van der Waals surface area (Å²) in [7, 11) is 2.21. The van der Waals surface area contributed by atoms with E-state index in [0.29, 0.717) is 0 Å². The van der Waals surface area contributed by atoms with Gasteiger partial charge in [-0.15, -0.1) is 0 Å². The number of hydrogen-bond donors (Lipinski definition) is 0. The normalized spacial score (nSPS) is 32.6. The number of fused-ring (bicyclic) bond motifs is 1. The van der Waals surface area contributed by atoms with E-state index < -0.39 is 0 Å². The molecule has 11 heavy (non-hydrogen) atoms. The lowest BCUT2D eigenvalue weighted by molar-refractivity contribution is 0.144. The summed E-state index contributed by atoms with van der Waals surface area (Å²) in [6.45, 7) is 7.70. The molecule has 2 heteroatoms. The zero-order valence-corrected chi connectivity index (χ0v) is 7.21. The highest BCUT2D eigenvalue weighted by Gasteiger charge is 2.30. The van der Waals surface area contributed by atoms with Crippen molar-refractivity contribution in [2.24, 2.45) is 0 Å². The van der Waals surface area contributed by atoms with Crippen LogP contribution in [-0.2, 0) is 0 Å². The Morgan fingerprint density at radius 2 is 2.27 bits per heavy atom. The zero-order valence-electron chi connectivity index (χ0n) is 7.21. The molecule has 0 bridgehead atoms. The first-order valence-electron chi connectivity index (χ1n) is 4.40. The number of piperazine rings is 1. The standard InChI is InChI=1S/C9H16N2/c1-8-3-4-9-7-10(2)5-6-11(8)9/h9H,1,3-7H2,2H3. The lowest BCUT2D eigenvalue weighted by atomic mass is 10.2. The largest absolute Gasteiger partial charge is 0.370 e. The molecule has 62 valence electrons. The minimum absolute atomic E-state index is 0.779. The zero-order chi connectivity index (χ0) is 7.84. The third-order valence-electron chi connectivity index (χ3n) is 2.86. The Balaban J connectivity index is 2.06. The van der Waals surface area contributed by atoms with Crippen molar-refractivity contribution in [3.05, 3.63) is 12.3 Å². The number of nitrogens with zero attached hydrogens (tertiary/aromatic N) is 2. The molecule has 1 atom stereocenters. The molecule has 0 aromatic heterocycles. The molecule has 2 nitrogen and oxygen atoms in total. The topological polar surface area (TPSA) is 6.48 Å². The fraction of sp³-hybridized carbons (Fsp3) is 0.778. The quantitative estimate of drug-likeness (QED) is 0.509. The Labute approximate surface area is 68.5 Å². The molecule has 2 fully saturated rings. The molecule has 0 aliphatic carbocycles. The van der Waals surface area contributed by atoms with Crippen LogP contribution in [0.15, 0.2) is 12.3 Å². The third-order valence-corrected chi connectivity index (χ3v) is 2.86. The molecule has 2 saturated heterocycles. The van der Waals surface area contributed by atoms with Crippen molar-refractivity contribution >= 4 is 0 Å². The van der Waals surface area contributed by atoms with E-state index in [1.54, 1.807) is 0 Å². The van der Waals surface area contributed by atoms with Gasteiger partial charge in [0.15, 0.2) is 0 Å². The molecule has 2 aliphatic rings. The maximum absolute atomic E-state index is 4.07. The Morgan fingerprint density at radius 1 is 1.45 bits per heavy atom. The molecule has 0 amide bonds. The third kappa shape index (κ3) is 1.16. The minimum atomic E-state index is 0.779. The van der Waals surface area contributed by atoms with Crippen molar-refractivity contribution in [2.75, 3.05) is 26.7 Å². The van der Waals surface area contributed by atoms with E-state index >= 15 is 0 Å². The van der Waals surface area contributed by atoms with Gasteiger partial charge in [0.05, 0.1) is 0 Å². The van der Waals surface area contributed by atoms with Gasteiger partial charge < -0.3 is 9.80 Å². The molecule has 2 rings (SSSR count). The predicted molar refractivity (Wildman–Crippen MR) is 46.4 cm³/mol. The van der Waals surface area contributed by atoms with Crippen molar-refractivity contribution in [1.82, 2.24) is 9.80 Å². The first kappa shape index (κ1) is 7.17. The molecular weight excluding hydrogens is 136 g/mol. The van der Waals surface area contributed by atoms with Crippen molar-refractivity contribution < 1.29 is 0 Å². The predicted octanol–water partition coefficient (Wildman–Crippen LogP) is 0.910. The Kier molecular flexibility index (Phi) is 1.64. The van der Waals surface area contributed by atoms with Crippen LogP contribution in [0.2, 0.25) is 0 Å². The van der Waals surface area contributed by atoms with Gasteiger partial charge in [-0.25, -0.2) is 0 Å². The molecule has 2 aliphatic heterocycles. The van der Waals surface area contributed by atoms with Gasteiger partial charge in [0.25, 0.3) is 0 Å². The lowest BCUT2D eigenvalue weighted by Gasteiger charge is -2.37. The minimum Gasteiger partial charge on any atom is -0.370 e. The summed E-state index contributed by atoms with van der Waals surface area (Å²) >= 11 is 0. The number of rotatable bonds is 0. The van der Waals surface area contributed by atoms with E-state index in [4.69, 9.17) is 0 Å². The lowest BCUT2D eigenvalue weighted by Crippen LogP contribution is -2.47. The first-order valence-corrected chi connectivity index (χ1v) is 4.40. The molecular formula is C9H16N2. The summed E-state index contributed by atoms with van der Waals surface area (Å²) in [5.41, 5.74) is 1.36. The van der Waals surface area contributed by atoms with Gasteiger partial charge in [-0.2, -0.15) is 0 Å². The highest BCUT2D eigenvalue weighted by Crippen LogP contribution is 2.28. The number of hydrogen-bond acceptors (Lipinski definition) is 2. The van der Waals surface area contributed by atoms with E-state index in [1.165, 1.54) is 38.2 Å². The monoisotopic (exact) mass is 152 g/mol. The average molecular weight is 152 g/mol. The summed E-state index contributed by atoms with van der Waals surface area (Å²) in [6.07, 6.45) is 2.54. The van der Waals surface area contributed by atoms with Crippen LogP contribution in [-0.4, -0.2) is 42.5 Å². The summed E-state index contributed by atoms with van der Waals surface area (Å²) in [5.74, 6) is 0. The van der Waals surface area contributed by atoms with E-state index in [-0.39, 0.29) is 0 Å². The Hall–Kier alpha value is -0.500. The van der Waals surface area contributed by atoms with Gasteiger partial charge in [0.1, 0.15) is 0 Å². The van der Waals surface area contributed by atoms with E-state index in [1.807, 2.05) is 0 Å². The SMILES string of the molecule is C=C1CCC2CN(C)CCN12. The van der Waals surface area contributed by atoms with Crippen molar-refractivity contribution in [1.29, 1.82) is 0 Å². The van der Waals surface area contributed by atoms with Gasteiger partial charge in [-0.3, -0.25) is 0 Å². The van der Waals surface area contributed by atoms with Crippen molar-refractivity contribution in [3.63, 3.8) is 0 Å². The Bertz CT molecular complexity index is 176. The molecule has 1 unspecified atom stereocenters. The molecule has 0 N–H and O–H groups in total. The maximum atomic E-state index is 4.07. The van der Waals surface area contributed by atoms with Crippen molar-refractivity contribution in [3.8, 4) is 0 Å². The molecule has 0 saturated carbocycles. The van der Waals surface area contributed by atoms with Gasteiger partial charge >= 0.3 is 0 Å². The average Bonchev–Trinajstić information content (AvgIpc) is 2.32. The number of likely N-dealkylation sites (N-methyl/N-ethyl adjacent to an activating group) is 1. The van der Waals surface area contributed by atoms with Gasteiger partial charge in [-0.05, 0) is 19.9 Å². The molecule has 2 heterocycles. The van der Waals surface area contributed by atoms with Gasteiger partial charge in [0, 0.05) is 31.4 Å². The highest BCUT2D eigenvalue weighted by atomic mass is 15.3. The first-order chi connectivity index (χ1) is 5.27. The molecule has 0 spiro atoms. The summed E-state index contributed by atoms with van der Waals surface area (Å²) in [4.78, 5) is 4.90. The van der Waals surface area contributed by atoms with Crippen molar-refractivity contribution in [2.45, 2.75) is 18.9 Å². The van der Waals surface area contributed by atoms with Gasteiger partial charge in [-0.1, -0.05) is 6.58 Å². The molecule has 0 aromatic carbocycles. The second-order valence-electron chi connectivity index (χ2n) is 3.71. The molecule has 0 aromatic rings.